The molecule has 2 aliphatic heterocycles. The minimum atomic E-state index is -0.480. The molecular weight excluding hydrogens is 529 g/mol. The summed E-state index contributed by atoms with van der Waals surface area (Å²) in [6, 6.07) is 10.8. The van der Waals surface area contributed by atoms with Gasteiger partial charge in [0.15, 0.2) is 0 Å². The van der Waals surface area contributed by atoms with Gasteiger partial charge in [0.05, 0.1) is 24.0 Å². The van der Waals surface area contributed by atoms with Crippen molar-refractivity contribution in [2.75, 3.05) is 13.1 Å². The van der Waals surface area contributed by atoms with Gasteiger partial charge in [-0.2, -0.15) is 0 Å². The van der Waals surface area contributed by atoms with Crippen molar-refractivity contribution < 1.29 is 9.18 Å². The SMILES string of the molecule is CCCC1C=CC(Cn2ccc3cc(-c4cc(F)c5c(c4)N=C(N)CC(C(=O)N(CCC)CCC)=C5)ccc3c2=O)=N1. The van der Waals surface area contributed by atoms with Crippen LogP contribution in [0.2, 0.25) is 0 Å². The number of nitrogens with zero attached hydrogens (tertiary/aromatic N) is 4. The van der Waals surface area contributed by atoms with Crippen LogP contribution in [0.3, 0.4) is 0 Å². The van der Waals surface area contributed by atoms with Crippen molar-refractivity contribution in [3.63, 3.8) is 0 Å². The molecule has 0 radical (unpaired) electrons. The fraction of sp³-hybridized carbons (Fsp3) is 0.353. The van der Waals surface area contributed by atoms with Gasteiger partial charge in [0.1, 0.15) is 11.7 Å². The van der Waals surface area contributed by atoms with Crippen molar-refractivity contribution >= 4 is 40.0 Å². The first kappa shape index (κ1) is 29.2. The molecule has 0 saturated carbocycles. The number of rotatable bonds is 10. The number of aromatic nitrogens is 1. The molecule has 0 aliphatic carbocycles. The van der Waals surface area contributed by atoms with Crippen LogP contribution >= 0.6 is 0 Å². The van der Waals surface area contributed by atoms with Gasteiger partial charge in [-0.15, -0.1) is 0 Å². The minimum absolute atomic E-state index is 0.0953. The number of nitrogens with two attached hydrogens (primary N) is 1. The topological polar surface area (TPSA) is 93.0 Å². The van der Waals surface area contributed by atoms with Crippen LogP contribution in [0.4, 0.5) is 10.1 Å². The fourth-order valence-electron chi connectivity index (χ4n) is 5.65. The van der Waals surface area contributed by atoms with Crippen LogP contribution in [0.1, 0.15) is 58.4 Å². The number of hydrogen-bond acceptors (Lipinski definition) is 5. The van der Waals surface area contributed by atoms with Gasteiger partial charge in [0.2, 0.25) is 5.91 Å². The van der Waals surface area contributed by atoms with E-state index < -0.39 is 5.82 Å². The number of amidine groups is 1. The number of hydrogen-bond donors (Lipinski definition) is 1. The minimum Gasteiger partial charge on any atom is -0.387 e. The number of carbonyl (C=O) groups is 1. The van der Waals surface area contributed by atoms with Crippen molar-refractivity contribution in [3.05, 3.63) is 82.1 Å². The lowest BCUT2D eigenvalue weighted by Gasteiger charge is -2.22. The number of fused-ring (bicyclic) bond motifs is 2. The molecule has 8 heteroatoms. The Hall–Kier alpha value is -4.33. The molecule has 0 saturated heterocycles. The largest absolute Gasteiger partial charge is 0.387 e. The average Bonchev–Trinajstić information content (AvgIpc) is 3.33. The van der Waals surface area contributed by atoms with Crippen molar-refractivity contribution in [2.45, 2.75) is 65.5 Å². The quantitative estimate of drug-likeness (QED) is 0.307. The van der Waals surface area contributed by atoms with Crippen LogP contribution in [0.15, 0.2) is 75.1 Å². The zero-order chi connectivity index (χ0) is 29.8. The molecule has 2 aromatic carbocycles. The summed E-state index contributed by atoms with van der Waals surface area (Å²) in [6.07, 6.45) is 11.4. The van der Waals surface area contributed by atoms with E-state index in [4.69, 9.17) is 10.7 Å². The molecule has 5 rings (SSSR count). The van der Waals surface area contributed by atoms with Gasteiger partial charge in [-0.25, -0.2) is 9.38 Å². The number of benzene rings is 2. The van der Waals surface area contributed by atoms with Crippen molar-refractivity contribution in [3.8, 4) is 11.1 Å². The van der Waals surface area contributed by atoms with Crippen LogP contribution in [0.5, 0.6) is 0 Å². The summed E-state index contributed by atoms with van der Waals surface area (Å²) < 4.78 is 17.3. The Labute approximate surface area is 246 Å². The molecule has 1 unspecified atom stereocenters. The number of carbonyl (C=O) groups excluding carboxylic acids is 1. The fourth-order valence-corrected chi connectivity index (χ4v) is 5.65. The van der Waals surface area contributed by atoms with Gasteiger partial charge >= 0.3 is 0 Å². The van der Waals surface area contributed by atoms with Crippen LogP contribution in [-0.4, -0.2) is 46.1 Å². The number of amides is 1. The second-order valence-corrected chi connectivity index (χ2v) is 11.0. The predicted molar refractivity (Wildman–Crippen MR) is 170 cm³/mol. The number of allylic oxidation sites excluding steroid dienone is 1. The van der Waals surface area contributed by atoms with Gasteiger partial charge in [0, 0.05) is 42.2 Å². The Morgan fingerprint density at radius 3 is 2.60 bits per heavy atom. The molecule has 0 fully saturated rings. The molecule has 2 aliphatic rings. The third-order valence-electron chi connectivity index (χ3n) is 7.68. The highest BCUT2D eigenvalue weighted by Crippen LogP contribution is 2.35. The molecule has 7 nitrogen and oxygen atoms in total. The van der Waals surface area contributed by atoms with Gasteiger partial charge in [-0.3, -0.25) is 14.6 Å². The van der Waals surface area contributed by atoms with Gasteiger partial charge in [-0.1, -0.05) is 39.3 Å². The Morgan fingerprint density at radius 1 is 1.07 bits per heavy atom. The first-order chi connectivity index (χ1) is 20.3. The van der Waals surface area contributed by atoms with Crippen molar-refractivity contribution in [1.29, 1.82) is 0 Å². The molecular formula is C34H38FN5O2. The van der Waals surface area contributed by atoms with Crippen molar-refractivity contribution in [1.82, 2.24) is 9.47 Å². The summed E-state index contributed by atoms with van der Waals surface area (Å²) in [5.41, 5.74) is 9.45. The molecule has 218 valence electrons. The highest BCUT2D eigenvalue weighted by atomic mass is 19.1. The van der Waals surface area contributed by atoms with E-state index in [0.29, 0.717) is 41.8 Å². The van der Waals surface area contributed by atoms with E-state index in [1.54, 1.807) is 33.9 Å². The number of aliphatic imine (C=N–C) groups is 2. The second-order valence-electron chi connectivity index (χ2n) is 11.0. The highest BCUT2D eigenvalue weighted by Gasteiger charge is 2.23. The summed E-state index contributed by atoms with van der Waals surface area (Å²) >= 11 is 0. The van der Waals surface area contributed by atoms with E-state index in [9.17, 15) is 9.59 Å². The summed E-state index contributed by atoms with van der Waals surface area (Å²) in [5, 5.41) is 1.35. The molecule has 1 atom stereocenters. The summed E-state index contributed by atoms with van der Waals surface area (Å²) in [7, 11) is 0. The Balaban J connectivity index is 1.45. The smallest absolute Gasteiger partial charge is 0.258 e. The van der Waals surface area contributed by atoms with E-state index >= 15 is 4.39 Å². The van der Waals surface area contributed by atoms with E-state index in [0.717, 1.165) is 42.3 Å². The predicted octanol–water partition coefficient (Wildman–Crippen LogP) is 6.41. The normalized spacial score (nSPS) is 16.1. The molecule has 1 aromatic heterocycles. The summed E-state index contributed by atoms with van der Waals surface area (Å²) in [6.45, 7) is 7.88. The zero-order valence-electron chi connectivity index (χ0n) is 24.6. The van der Waals surface area contributed by atoms with Crippen molar-refractivity contribution in [2.24, 2.45) is 15.7 Å². The lowest BCUT2D eigenvalue weighted by Crippen LogP contribution is -2.34. The highest BCUT2D eigenvalue weighted by molar-refractivity contribution is 6.06. The third kappa shape index (κ3) is 6.12. The van der Waals surface area contributed by atoms with E-state index in [1.807, 2.05) is 38.1 Å². The first-order valence-corrected chi connectivity index (χ1v) is 14.9. The van der Waals surface area contributed by atoms with E-state index in [-0.39, 0.29) is 35.3 Å². The third-order valence-corrected chi connectivity index (χ3v) is 7.68. The maximum absolute atomic E-state index is 15.6. The van der Waals surface area contributed by atoms with E-state index in [1.165, 1.54) is 6.07 Å². The zero-order valence-corrected chi connectivity index (χ0v) is 24.6. The molecule has 2 N–H and O–H groups in total. The lowest BCUT2D eigenvalue weighted by molar-refractivity contribution is -0.127. The number of halogens is 1. The molecule has 3 aromatic rings. The van der Waals surface area contributed by atoms with Gasteiger partial charge < -0.3 is 15.2 Å². The Bertz CT molecular complexity index is 1690. The first-order valence-electron chi connectivity index (χ1n) is 14.9. The lowest BCUT2D eigenvalue weighted by atomic mass is 9.98. The number of pyridine rings is 1. The molecule has 3 heterocycles. The summed E-state index contributed by atoms with van der Waals surface area (Å²) in [4.78, 5) is 37.5. The van der Waals surface area contributed by atoms with Crippen LogP contribution < -0.4 is 11.3 Å². The van der Waals surface area contributed by atoms with Gasteiger partial charge in [-0.05, 0) is 78.3 Å². The maximum atomic E-state index is 15.6. The second kappa shape index (κ2) is 12.7. The van der Waals surface area contributed by atoms with Crippen LogP contribution in [-0.2, 0) is 11.3 Å². The monoisotopic (exact) mass is 567 g/mol. The molecule has 1 amide bonds. The van der Waals surface area contributed by atoms with Gasteiger partial charge in [0.25, 0.3) is 5.56 Å². The average molecular weight is 568 g/mol. The molecule has 42 heavy (non-hydrogen) atoms. The standard InChI is InChI=1S/C34H38FN5O2/c1-4-7-26-9-10-27(37-26)21-40-15-12-23-16-22(8-11-28(23)34(40)42)24-18-30(35)29-17-25(20-32(36)38-31(29)19-24)33(41)39(13-5-2)14-6-3/h8-12,15-19,26H,4-7,13-14,20-21H2,1-3H3,(H2,36,38). The molecule has 0 spiro atoms. The maximum Gasteiger partial charge on any atom is 0.258 e. The van der Waals surface area contributed by atoms with E-state index in [2.05, 4.69) is 18.0 Å². The van der Waals surface area contributed by atoms with Crippen LogP contribution in [0.25, 0.3) is 28.0 Å². The summed E-state index contributed by atoms with van der Waals surface area (Å²) in [5.74, 6) is -0.351. The Kier molecular flexibility index (Phi) is 8.80. The molecule has 0 bridgehead atoms. The van der Waals surface area contributed by atoms with Crippen LogP contribution in [0, 0.1) is 5.82 Å². The Morgan fingerprint density at radius 2 is 1.86 bits per heavy atom.